The lowest BCUT2D eigenvalue weighted by molar-refractivity contribution is -0.303. The SMILES string of the molecule is CCC1(C)C(C)C(=O)CC(C)(C)N1OC(C)C(C)=O. The van der Waals surface area contributed by atoms with Gasteiger partial charge in [-0.05, 0) is 41.0 Å². The number of nitrogens with zero attached hydrogens (tertiary/aromatic N) is 1. The second-order valence-electron chi connectivity index (χ2n) is 6.54. The molecule has 0 spiro atoms. The Morgan fingerprint density at radius 2 is 2.00 bits per heavy atom. The van der Waals surface area contributed by atoms with Gasteiger partial charge in [0, 0.05) is 17.9 Å². The standard InChI is InChI=1S/C15H27NO3/c1-8-15(7)10(2)13(18)9-14(5,6)16(15)19-12(4)11(3)17/h10,12H,8-9H2,1-7H3. The Bertz CT molecular complexity index is 378. The predicted octanol–water partition coefficient (Wildman–Crippen LogP) is 2.75. The molecule has 0 aromatic heterocycles. The van der Waals surface area contributed by atoms with Gasteiger partial charge in [-0.15, -0.1) is 0 Å². The molecule has 1 rings (SSSR count). The molecule has 19 heavy (non-hydrogen) atoms. The van der Waals surface area contributed by atoms with Gasteiger partial charge in [0.15, 0.2) is 5.78 Å². The van der Waals surface area contributed by atoms with Crippen LogP contribution in [-0.2, 0) is 14.4 Å². The van der Waals surface area contributed by atoms with Crippen LogP contribution < -0.4 is 0 Å². The molecular weight excluding hydrogens is 242 g/mol. The van der Waals surface area contributed by atoms with E-state index < -0.39 is 11.6 Å². The quantitative estimate of drug-likeness (QED) is 0.787. The molecule has 3 unspecified atom stereocenters. The third-order valence-electron chi connectivity index (χ3n) is 4.59. The second kappa shape index (κ2) is 5.33. The van der Waals surface area contributed by atoms with Crippen molar-refractivity contribution in [2.45, 2.75) is 78.5 Å². The number of ketones is 2. The average molecular weight is 269 g/mol. The molecule has 0 aromatic carbocycles. The maximum Gasteiger partial charge on any atom is 0.160 e. The van der Waals surface area contributed by atoms with Gasteiger partial charge in [-0.2, -0.15) is 5.06 Å². The summed E-state index contributed by atoms with van der Waals surface area (Å²) >= 11 is 0. The first-order valence-electron chi connectivity index (χ1n) is 7.06. The Labute approximate surface area is 116 Å². The van der Waals surface area contributed by atoms with Gasteiger partial charge in [0.1, 0.15) is 11.9 Å². The van der Waals surface area contributed by atoms with E-state index in [1.807, 2.05) is 32.8 Å². The average Bonchev–Trinajstić information content (AvgIpc) is 2.31. The molecule has 1 heterocycles. The number of rotatable bonds is 4. The van der Waals surface area contributed by atoms with Crippen molar-refractivity contribution in [1.29, 1.82) is 0 Å². The molecule has 1 aliphatic rings. The summed E-state index contributed by atoms with van der Waals surface area (Å²) in [4.78, 5) is 29.6. The number of carbonyl (C=O) groups is 2. The van der Waals surface area contributed by atoms with Crippen LogP contribution in [0.2, 0.25) is 0 Å². The lowest BCUT2D eigenvalue weighted by atomic mass is 9.72. The summed E-state index contributed by atoms with van der Waals surface area (Å²) in [6, 6.07) is 0. The van der Waals surface area contributed by atoms with Gasteiger partial charge >= 0.3 is 0 Å². The van der Waals surface area contributed by atoms with Gasteiger partial charge in [-0.1, -0.05) is 13.8 Å². The molecule has 0 amide bonds. The van der Waals surface area contributed by atoms with Gasteiger partial charge in [-0.25, -0.2) is 0 Å². The van der Waals surface area contributed by atoms with E-state index in [0.29, 0.717) is 6.42 Å². The number of hydrogen-bond donors (Lipinski definition) is 0. The fraction of sp³-hybridized carbons (Fsp3) is 0.867. The van der Waals surface area contributed by atoms with Gasteiger partial charge in [0.05, 0.1) is 5.54 Å². The van der Waals surface area contributed by atoms with Crippen molar-refractivity contribution in [2.75, 3.05) is 0 Å². The van der Waals surface area contributed by atoms with Crippen LogP contribution >= 0.6 is 0 Å². The van der Waals surface area contributed by atoms with E-state index in [1.54, 1.807) is 6.92 Å². The lowest BCUT2D eigenvalue weighted by Gasteiger charge is -2.55. The van der Waals surface area contributed by atoms with Gasteiger partial charge < -0.3 is 0 Å². The van der Waals surface area contributed by atoms with Gasteiger partial charge in [0.25, 0.3) is 0 Å². The zero-order valence-electron chi connectivity index (χ0n) is 13.2. The topological polar surface area (TPSA) is 46.6 Å². The van der Waals surface area contributed by atoms with E-state index in [2.05, 4.69) is 6.92 Å². The highest BCUT2D eigenvalue weighted by atomic mass is 16.7. The van der Waals surface area contributed by atoms with Crippen LogP contribution in [-0.4, -0.2) is 33.8 Å². The molecule has 4 heteroatoms. The summed E-state index contributed by atoms with van der Waals surface area (Å²) in [6.45, 7) is 13.3. The monoisotopic (exact) mass is 269 g/mol. The molecule has 0 bridgehead atoms. The van der Waals surface area contributed by atoms with Crippen LogP contribution in [0.3, 0.4) is 0 Å². The summed E-state index contributed by atoms with van der Waals surface area (Å²) in [5.74, 6) is 0.174. The molecular formula is C15H27NO3. The molecule has 0 saturated carbocycles. The maximum atomic E-state index is 12.2. The fourth-order valence-corrected chi connectivity index (χ4v) is 2.81. The molecule has 1 fully saturated rings. The largest absolute Gasteiger partial charge is 0.299 e. The van der Waals surface area contributed by atoms with Crippen LogP contribution in [0, 0.1) is 5.92 Å². The normalized spacial score (nSPS) is 33.2. The number of Topliss-reactive ketones (excluding diaryl/α,β-unsaturated/α-hetero) is 2. The number of carbonyl (C=O) groups excluding carboxylic acids is 2. The summed E-state index contributed by atoms with van der Waals surface area (Å²) in [5.41, 5.74) is -0.763. The first-order chi connectivity index (χ1) is 8.56. The van der Waals surface area contributed by atoms with Crippen LogP contribution in [0.5, 0.6) is 0 Å². The third-order valence-corrected chi connectivity index (χ3v) is 4.59. The molecule has 1 saturated heterocycles. The lowest BCUT2D eigenvalue weighted by Crippen LogP contribution is -2.66. The molecule has 0 aliphatic carbocycles. The van der Waals surface area contributed by atoms with E-state index in [0.717, 1.165) is 6.42 Å². The van der Waals surface area contributed by atoms with Crippen LogP contribution in [0.15, 0.2) is 0 Å². The zero-order chi connectivity index (χ0) is 15.0. The highest BCUT2D eigenvalue weighted by Crippen LogP contribution is 2.42. The van der Waals surface area contributed by atoms with Crippen molar-refractivity contribution in [1.82, 2.24) is 5.06 Å². The molecule has 1 aliphatic heterocycles. The first-order valence-corrected chi connectivity index (χ1v) is 7.06. The van der Waals surface area contributed by atoms with E-state index in [1.165, 1.54) is 6.92 Å². The molecule has 4 nitrogen and oxygen atoms in total. The second-order valence-corrected chi connectivity index (χ2v) is 6.54. The van der Waals surface area contributed by atoms with Crippen LogP contribution in [0.4, 0.5) is 0 Å². The van der Waals surface area contributed by atoms with Crippen molar-refractivity contribution in [3.05, 3.63) is 0 Å². The number of hydroxylamine groups is 2. The number of piperidine rings is 1. The Hall–Kier alpha value is -0.740. The van der Waals surface area contributed by atoms with E-state index >= 15 is 0 Å². The molecule has 0 radical (unpaired) electrons. The van der Waals surface area contributed by atoms with Gasteiger partial charge in [-0.3, -0.25) is 14.4 Å². The summed E-state index contributed by atoms with van der Waals surface area (Å²) in [6.07, 6.45) is 0.771. The minimum Gasteiger partial charge on any atom is -0.299 e. The Kier molecular flexibility index (Phi) is 4.58. The smallest absolute Gasteiger partial charge is 0.160 e. The molecule has 3 atom stereocenters. The predicted molar refractivity (Wildman–Crippen MR) is 74.6 cm³/mol. The van der Waals surface area contributed by atoms with E-state index in [4.69, 9.17) is 4.84 Å². The van der Waals surface area contributed by atoms with Crippen molar-refractivity contribution in [2.24, 2.45) is 5.92 Å². The summed E-state index contributed by atoms with van der Waals surface area (Å²) in [7, 11) is 0. The Morgan fingerprint density at radius 3 is 2.42 bits per heavy atom. The maximum absolute atomic E-state index is 12.2. The molecule has 0 aromatic rings. The summed E-state index contributed by atoms with van der Waals surface area (Å²) < 4.78 is 0. The minimum atomic E-state index is -0.481. The van der Waals surface area contributed by atoms with E-state index in [9.17, 15) is 9.59 Å². The minimum absolute atomic E-state index is 0.00111. The van der Waals surface area contributed by atoms with Crippen LogP contribution in [0.1, 0.15) is 61.3 Å². The van der Waals surface area contributed by atoms with Crippen LogP contribution in [0.25, 0.3) is 0 Å². The van der Waals surface area contributed by atoms with Crippen molar-refractivity contribution in [3.8, 4) is 0 Å². The number of hydrogen-bond acceptors (Lipinski definition) is 4. The van der Waals surface area contributed by atoms with E-state index in [-0.39, 0.29) is 23.0 Å². The Balaban J connectivity index is 3.13. The zero-order valence-corrected chi connectivity index (χ0v) is 13.2. The highest BCUT2D eigenvalue weighted by Gasteiger charge is 2.52. The van der Waals surface area contributed by atoms with Crippen molar-refractivity contribution in [3.63, 3.8) is 0 Å². The Morgan fingerprint density at radius 1 is 1.47 bits per heavy atom. The summed E-state index contributed by atoms with van der Waals surface area (Å²) in [5, 5.41) is 1.90. The third kappa shape index (κ3) is 2.90. The van der Waals surface area contributed by atoms with Crippen molar-refractivity contribution >= 4 is 11.6 Å². The van der Waals surface area contributed by atoms with Gasteiger partial charge in [0.2, 0.25) is 0 Å². The fourth-order valence-electron chi connectivity index (χ4n) is 2.81. The molecule has 110 valence electrons. The molecule has 0 N–H and O–H groups in total. The highest BCUT2D eigenvalue weighted by molar-refractivity contribution is 5.84. The first kappa shape index (κ1) is 16.3. The van der Waals surface area contributed by atoms with Crippen molar-refractivity contribution < 1.29 is 14.4 Å².